The van der Waals surface area contributed by atoms with Crippen molar-refractivity contribution in [1.82, 2.24) is 24.5 Å². The highest BCUT2D eigenvalue weighted by Gasteiger charge is 2.28. The fourth-order valence-corrected chi connectivity index (χ4v) is 8.34. The molecule has 0 radical (unpaired) electrons. The van der Waals surface area contributed by atoms with Gasteiger partial charge in [-0.3, -0.25) is 0 Å². The molecular formula is C46H35N5S. The van der Waals surface area contributed by atoms with Crippen molar-refractivity contribution in [2.45, 2.75) is 26.2 Å². The lowest BCUT2D eigenvalue weighted by Crippen LogP contribution is -2.07. The molecule has 52 heavy (non-hydrogen) atoms. The molecule has 5 aromatic carbocycles. The molecule has 3 heterocycles. The van der Waals surface area contributed by atoms with Gasteiger partial charge < -0.3 is 4.57 Å². The summed E-state index contributed by atoms with van der Waals surface area (Å²) in [6.07, 6.45) is 5.62. The number of benzene rings is 5. The Hall–Kier alpha value is -6.24. The van der Waals surface area contributed by atoms with Gasteiger partial charge in [-0.15, -0.1) is 11.3 Å². The Morgan fingerprint density at radius 1 is 0.558 bits per heavy atom. The fourth-order valence-electron chi connectivity index (χ4n) is 7.17. The molecule has 0 aliphatic heterocycles. The number of hydrogen-bond acceptors (Lipinski definition) is 5. The van der Waals surface area contributed by atoms with Crippen LogP contribution in [0.5, 0.6) is 0 Å². The molecule has 9 rings (SSSR count). The maximum Gasteiger partial charge on any atom is 0.164 e. The first kappa shape index (κ1) is 31.7. The second kappa shape index (κ2) is 13.5. The van der Waals surface area contributed by atoms with Gasteiger partial charge in [-0.25, -0.2) is 19.9 Å². The van der Waals surface area contributed by atoms with Crippen molar-refractivity contribution in [2.75, 3.05) is 0 Å². The van der Waals surface area contributed by atoms with Crippen LogP contribution in [-0.2, 0) is 6.42 Å². The molecule has 0 N–H and O–H groups in total. The lowest BCUT2D eigenvalue weighted by atomic mass is 9.86. The average molecular weight is 690 g/mol. The number of hydrogen-bond donors (Lipinski definition) is 0. The van der Waals surface area contributed by atoms with Crippen LogP contribution in [0.25, 0.3) is 67.1 Å². The molecule has 5 nitrogen and oxygen atoms in total. The molecule has 3 aromatic heterocycles. The highest BCUT2D eigenvalue weighted by Crippen LogP contribution is 2.44. The SMILES string of the molecule is Cc1nc(-c2ccccc2)sc1-c1c(C)c2c(n1-c1ccc(-c3nc(-c4ccccc4)nc(-c4ccccc4)n3)cc1)C=CC(c1ccccc1)C2. The normalized spacial score (nSPS) is 13.6. The van der Waals surface area contributed by atoms with Gasteiger partial charge in [0.25, 0.3) is 0 Å². The summed E-state index contributed by atoms with van der Waals surface area (Å²) in [6.45, 7) is 4.41. The van der Waals surface area contributed by atoms with Gasteiger partial charge in [-0.1, -0.05) is 127 Å². The van der Waals surface area contributed by atoms with Crippen molar-refractivity contribution in [3.63, 3.8) is 0 Å². The second-order valence-corrected chi connectivity index (χ2v) is 14.1. The molecule has 6 heteroatoms. The molecule has 0 saturated heterocycles. The molecule has 1 aliphatic carbocycles. The lowest BCUT2D eigenvalue weighted by Gasteiger charge is -2.20. The van der Waals surface area contributed by atoms with Gasteiger partial charge in [0.05, 0.1) is 16.3 Å². The minimum absolute atomic E-state index is 0.322. The number of nitrogens with zero attached hydrogens (tertiary/aromatic N) is 5. The van der Waals surface area contributed by atoms with Crippen LogP contribution in [0.2, 0.25) is 0 Å². The standard InChI is InChI=1S/C46H35N5S/c1-30-39-29-37(32-15-7-3-8-16-32)25-28-40(39)51(41(30)42-31(2)47-46(52-42)36-21-13-6-14-22-36)38-26-23-35(24-27-38)45-49-43(33-17-9-4-10-18-33)48-44(50-45)34-19-11-5-12-20-34/h3-28,37H,29H2,1-2H3. The molecule has 0 amide bonds. The summed E-state index contributed by atoms with van der Waals surface area (Å²) in [5, 5.41) is 1.03. The van der Waals surface area contributed by atoms with Gasteiger partial charge in [-0.2, -0.15) is 0 Å². The third-order valence-corrected chi connectivity index (χ3v) is 11.0. The first-order valence-corrected chi connectivity index (χ1v) is 18.4. The number of aromatic nitrogens is 5. The predicted octanol–water partition coefficient (Wildman–Crippen LogP) is 11.4. The summed E-state index contributed by atoms with van der Waals surface area (Å²) in [7, 11) is 0. The van der Waals surface area contributed by atoms with Crippen molar-refractivity contribution in [3.05, 3.63) is 180 Å². The predicted molar refractivity (Wildman–Crippen MR) is 213 cm³/mol. The number of aryl methyl sites for hydroxylation is 1. The zero-order valence-electron chi connectivity index (χ0n) is 28.9. The molecular weight excluding hydrogens is 655 g/mol. The molecule has 0 saturated carbocycles. The zero-order valence-corrected chi connectivity index (χ0v) is 29.8. The van der Waals surface area contributed by atoms with Gasteiger partial charge in [0.15, 0.2) is 17.5 Å². The quantitative estimate of drug-likeness (QED) is 0.167. The first-order valence-electron chi connectivity index (χ1n) is 17.6. The Morgan fingerprint density at radius 3 is 1.62 bits per heavy atom. The van der Waals surface area contributed by atoms with Crippen molar-refractivity contribution in [3.8, 4) is 61.0 Å². The fraction of sp³-hybridized carbons (Fsp3) is 0.0870. The largest absolute Gasteiger partial charge is 0.308 e. The molecule has 1 aliphatic rings. The van der Waals surface area contributed by atoms with E-state index < -0.39 is 0 Å². The van der Waals surface area contributed by atoms with Crippen LogP contribution in [-0.4, -0.2) is 24.5 Å². The van der Waals surface area contributed by atoms with Gasteiger partial charge >= 0.3 is 0 Å². The van der Waals surface area contributed by atoms with Crippen molar-refractivity contribution in [2.24, 2.45) is 0 Å². The van der Waals surface area contributed by atoms with E-state index >= 15 is 0 Å². The summed E-state index contributed by atoms with van der Waals surface area (Å²) >= 11 is 1.77. The second-order valence-electron chi connectivity index (χ2n) is 13.1. The van der Waals surface area contributed by atoms with Crippen LogP contribution in [0.3, 0.4) is 0 Å². The highest BCUT2D eigenvalue weighted by atomic mass is 32.1. The number of fused-ring (bicyclic) bond motifs is 1. The molecule has 250 valence electrons. The van der Waals surface area contributed by atoms with Gasteiger partial charge in [0.2, 0.25) is 0 Å². The maximum absolute atomic E-state index is 5.09. The minimum atomic E-state index is 0.322. The Kier molecular flexibility index (Phi) is 8.22. The maximum atomic E-state index is 5.09. The topological polar surface area (TPSA) is 56.5 Å². The Balaban J connectivity index is 1.17. The van der Waals surface area contributed by atoms with Crippen molar-refractivity contribution in [1.29, 1.82) is 0 Å². The van der Waals surface area contributed by atoms with Gasteiger partial charge in [0, 0.05) is 39.6 Å². The minimum Gasteiger partial charge on any atom is -0.308 e. The molecule has 1 atom stereocenters. The van der Waals surface area contributed by atoms with Crippen molar-refractivity contribution < 1.29 is 0 Å². The van der Waals surface area contributed by atoms with E-state index in [1.807, 2.05) is 60.7 Å². The summed E-state index contributed by atoms with van der Waals surface area (Å²) in [4.78, 5) is 21.1. The third kappa shape index (κ3) is 5.87. The first-order chi connectivity index (χ1) is 25.6. The smallest absolute Gasteiger partial charge is 0.164 e. The lowest BCUT2D eigenvalue weighted by molar-refractivity contribution is 0.817. The van der Waals surface area contributed by atoms with Crippen LogP contribution in [0.15, 0.2) is 152 Å². The summed E-state index contributed by atoms with van der Waals surface area (Å²) in [6, 6.07) is 50.2. The van der Waals surface area contributed by atoms with E-state index in [9.17, 15) is 0 Å². The zero-order chi connectivity index (χ0) is 35.0. The van der Waals surface area contributed by atoms with Crippen LogP contribution in [0.4, 0.5) is 0 Å². The number of allylic oxidation sites excluding steroid dienone is 1. The monoisotopic (exact) mass is 689 g/mol. The van der Waals surface area contributed by atoms with E-state index in [1.165, 1.54) is 33.0 Å². The molecule has 0 spiro atoms. The third-order valence-electron chi connectivity index (χ3n) is 9.84. The summed E-state index contributed by atoms with van der Waals surface area (Å²) < 4.78 is 2.43. The molecule has 1 unspecified atom stereocenters. The van der Waals surface area contributed by atoms with E-state index in [4.69, 9.17) is 19.9 Å². The summed E-state index contributed by atoms with van der Waals surface area (Å²) in [5.74, 6) is 2.27. The van der Waals surface area contributed by atoms with Crippen molar-refractivity contribution >= 4 is 17.4 Å². The van der Waals surface area contributed by atoms with E-state index in [0.717, 1.165) is 45.1 Å². The van der Waals surface area contributed by atoms with E-state index in [-0.39, 0.29) is 0 Å². The molecule has 8 aromatic rings. The Morgan fingerprint density at radius 2 is 1.06 bits per heavy atom. The Bertz CT molecular complexity index is 2480. The number of rotatable bonds is 7. The van der Waals surface area contributed by atoms with E-state index in [0.29, 0.717) is 23.4 Å². The van der Waals surface area contributed by atoms with Crippen LogP contribution >= 0.6 is 11.3 Å². The average Bonchev–Trinajstić information content (AvgIpc) is 3.74. The number of thiazole rings is 1. The van der Waals surface area contributed by atoms with E-state index in [1.54, 1.807) is 11.3 Å². The summed E-state index contributed by atoms with van der Waals surface area (Å²) in [5.41, 5.74) is 12.5. The molecule has 0 bridgehead atoms. The van der Waals surface area contributed by atoms with Gasteiger partial charge in [0.1, 0.15) is 5.01 Å². The molecule has 0 fully saturated rings. The highest BCUT2D eigenvalue weighted by molar-refractivity contribution is 7.18. The van der Waals surface area contributed by atoms with Gasteiger partial charge in [-0.05, 0) is 67.3 Å². The van der Waals surface area contributed by atoms with Crippen LogP contribution in [0.1, 0.15) is 34.0 Å². The van der Waals surface area contributed by atoms with Crippen LogP contribution in [0, 0.1) is 13.8 Å². The van der Waals surface area contributed by atoms with Crippen LogP contribution < -0.4 is 0 Å². The Labute approximate surface area is 307 Å². The van der Waals surface area contributed by atoms with E-state index in [2.05, 4.69) is 115 Å².